The van der Waals surface area contributed by atoms with Gasteiger partial charge in [0.15, 0.2) is 0 Å². The molecule has 3 amide bonds. The van der Waals surface area contributed by atoms with Crippen molar-refractivity contribution in [1.82, 2.24) is 59.3 Å². The summed E-state index contributed by atoms with van der Waals surface area (Å²) in [6.07, 6.45) is 10.5. The summed E-state index contributed by atoms with van der Waals surface area (Å²) in [5, 5.41) is 7.29. The van der Waals surface area contributed by atoms with E-state index in [1.165, 1.54) is 74.8 Å². The molecule has 7 atom stereocenters. The first-order valence-electron chi connectivity index (χ1n) is 43.6. The highest BCUT2D eigenvalue weighted by molar-refractivity contribution is 5.97. The summed E-state index contributed by atoms with van der Waals surface area (Å²) in [4.78, 5) is 104. The topological polar surface area (TPSA) is 208 Å². The summed E-state index contributed by atoms with van der Waals surface area (Å²) in [5.41, 5.74) is 9.71. The lowest BCUT2D eigenvalue weighted by Gasteiger charge is -2.41. The van der Waals surface area contributed by atoms with Gasteiger partial charge in [-0.15, -0.1) is 0 Å². The van der Waals surface area contributed by atoms with Crippen molar-refractivity contribution in [3.05, 3.63) is 233 Å². The molecule has 0 saturated carbocycles. The Morgan fingerprint density at radius 1 is 0.411 bits per heavy atom. The molecular formula is C96H110FN21O6. The van der Waals surface area contributed by atoms with Crippen molar-refractivity contribution in [3.8, 4) is 18.0 Å². The Balaban J connectivity index is 0.000000137. The van der Waals surface area contributed by atoms with Crippen LogP contribution in [0.4, 0.5) is 38.9 Å². The minimum Gasteiger partial charge on any atom is -0.462 e. The number of anilines is 6. The van der Waals surface area contributed by atoms with Gasteiger partial charge < -0.3 is 82.6 Å². The van der Waals surface area contributed by atoms with Crippen LogP contribution in [-0.2, 0) is 53.3 Å². The van der Waals surface area contributed by atoms with E-state index in [0.717, 1.165) is 122 Å². The van der Waals surface area contributed by atoms with E-state index in [-0.39, 0.29) is 74.1 Å². The Hall–Kier alpha value is -12.6. The summed E-state index contributed by atoms with van der Waals surface area (Å²) in [7, 11) is 6.20. The summed E-state index contributed by atoms with van der Waals surface area (Å²) in [6.45, 7) is 47.6. The number of nitrogens with zero attached hydrogens (tertiary/aromatic N) is 21. The molecule has 642 valence electrons. The maximum Gasteiger partial charge on any atom is 0.318 e. The van der Waals surface area contributed by atoms with Gasteiger partial charge in [-0.2, -0.15) is 29.9 Å². The zero-order chi connectivity index (χ0) is 85.9. The van der Waals surface area contributed by atoms with Crippen molar-refractivity contribution >= 4 is 84.6 Å². The first-order valence-corrected chi connectivity index (χ1v) is 43.6. The molecule has 9 aliphatic heterocycles. The molecule has 6 aromatic carbocycles. The predicted octanol–water partition coefficient (Wildman–Crippen LogP) is 11.3. The van der Waals surface area contributed by atoms with E-state index >= 15 is 0 Å². The highest BCUT2D eigenvalue weighted by atomic mass is 19.1. The first-order chi connectivity index (χ1) is 60.6. The lowest BCUT2D eigenvalue weighted by atomic mass is 10.0. The van der Waals surface area contributed by atoms with Crippen LogP contribution in [0.5, 0.6) is 18.0 Å². The van der Waals surface area contributed by atoms with Crippen molar-refractivity contribution in [3.63, 3.8) is 0 Å². The van der Waals surface area contributed by atoms with Gasteiger partial charge in [-0.1, -0.05) is 129 Å². The summed E-state index contributed by atoms with van der Waals surface area (Å²) in [6, 6.07) is 45.4. The van der Waals surface area contributed by atoms with Crippen molar-refractivity contribution in [2.75, 3.05) is 188 Å². The van der Waals surface area contributed by atoms with Gasteiger partial charge >= 0.3 is 18.0 Å². The highest BCUT2D eigenvalue weighted by Gasteiger charge is 2.41. The van der Waals surface area contributed by atoms with Crippen LogP contribution in [-0.4, -0.2) is 278 Å². The number of carbonyl (C=O) groups excluding carboxylic acids is 3. The highest BCUT2D eigenvalue weighted by Crippen LogP contribution is 2.41. The van der Waals surface area contributed by atoms with Crippen LogP contribution in [0.1, 0.15) is 65.9 Å². The molecule has 27 nitrogen and oxygen atoms in total. The van der Waals surface area contributed by atoms with Crippen LogP contribution >= 0.6 is 0 Å². The van der Waals surface area contributed by atoms with Gasteiger partial charge in [0.1, 0.15) is 61.6 Å². The number of alkyl halides is 1. The Morgan fingerprint density at radius 3 is 1.20 bits per heavy atom. The molecule has 1 unspecified atom stereocenters. The van der Waals surface area contributed by atoms with Gasteiger partial charge in [-0.3, -0.25) is 19.3 Å². The van der Waals surface area contributed by atoms with Crippen LogP contribution in [0, 0.1) is 19.7 Å². The third-order valence-corrected chi connectivity index (χ3v) is 26.3. The van der Waals surface area contributed by atoms with E-state index in [2.05, 4.69) is 209 Å². The molecule has 9 aliphatic rings. The van der Waals surface area contributed by atoms with Crippen molar-refractivity contribution in [2.24, 2.45) is 0 Å². The number of likely N-dealkylation sites (tertiary alicyclic amines) is 3. The number of halogens is 1. The number of ether oxygens (including phenoxy) is 3. The minimum absolute atomic E-state index is 0.0974. The molecule has 0 aliphatic carbocycles. The number of rotatable bonds is 21. The molecule has 124 heavy (non-hydrogen) atoms. The second kappa shape index (κ2) is 38.9. The maximum atomic E-state index is 14.6. The lowest BCUT2D eigenvalue weighted by molar-refractivity contribution is -0.129. The van der Waals surface area contributed by atoms with Gasteiger partial charge in [-0.05, 0) is 138 Å². The summed E-state index contributed by atoms with van der Waals surface area (Å²) < 4.78 is 33.3. The SMILES string of the molecule is [C-]#[N+]CC1CN(C(=O)C=C)CCN1c1nc(OC[C@@H]2CCCN2C)nc2c1CCN(c1cccc3ccccc13)C2.[C-]#[N+]C[C@H]1CN(c2nc(OC[C@@H]3[C@H](F)CCN3C)nc3c2CCN(c2cccc4ccccc24)C3)CCN1C(=O)C=C.[C-]#[N+]C[C@H]1CN(c2nc(OC[C@H]3CCCN3C)nc3c2CCN(c2cccc4ccccc24)C3)CCN1C(=O)C=C. The predicted molar refractivity (Wildman–Crippen MR) is 484 cm³/mol. The summed E-state index contributed by atoms with van der Waals surface area (Å²) >= 11 is 0. The minimum atomic E-state index is -0.946. The number of hydrogen-bond acceptors (Lipinski definition) is 21. The molecule has 28 heteroatoms. The van der Waals surface area contributed by atoms with E-state index in [1.54, 1.807) is 14.7 Å². The Kier molecular flexibility index (Phi) is 26.7. The number of carbonyl (C=O) groups is 3. The molecule has 6 saturated heterocycles. The number of piperazine rings is 3. The van der Waals surface area contributed by atoms with Crippen molar-refractivity contribution in [2.45, 2.75) is 113 Å². The van der Waals surface area contributed by atoms with Crippen LogP contribution in [0.2, 0.25) is 0 Å². The number of likely N-dealkylation sites (N-methyl/N-ethyl adjacent to an activating group) is 3. The Labute approximate surface area is 726 Å². The molecule has 12 heterocycles. The number of amides is 3. The average Bonchev–Trinajstić information content (AvgIpc) is 0.916. The second-order valence-electron chi connectivity index (χ2n) is 33.6. The van der Waals surface area contributed by atoms with Crippen LogP contribution in [0.15, 0.2) is 165 Å². The molecule has 0 bridgehead atoms. The van der Waals surface area contributed by atoms with E-state index in [0.29, 0.717) is 129 Å². The third kappa shape index (κ3) is 18.5. The number of hydrogen-bond donors (Lipinski definition) is 0. The zero-order valence-electron chi connectivity index (χ0n) is 71.4. The van der Waals surface area contributed by atoms with E-state index in [9.17, 15) is 18.8 Å². The second-order valence-corrected chi connectivity index (χ2v) is 33.6. The van der Waals surface area contributed by atoms with Crippen LogP contribution < -0.4 is 43.6 Å². The van der Waals surface area contributed by atoms with Gasteiger partial charge in [0.05, 0.1) is 42.8 Å². The fraction of sp³-hybridized carbons (Fsp3) is 0.438. The van der Waals surface area contributed by atoms with Gasteiger partial charge in [0, 0.05) is 147 Å². The van der Waals surface area contributed by atoms with Gasteiger partial charge in [0.25, 0.3) is 0 Å². The lowest BCUT2D eigenvalue weighted by Crippen LogP contribution is -2.56. The quantitative estimate of drug-likeness (QED) is 0.0484. The van der Waals surface area contributed by atoms with Crippen LogP contribution in [0.3, 0.4) is 0 Å². The van der Waals surface area contributed by atoms with Crippen molar-refractivity contribution in [1.29, 1.82) is 0 Å². The molecule has 18 rings (SSSR count). The standard InChI is InChI=1S/C32H36FN7O2.2C32H37N7O2/c1-4-30(41)40-17-16-39(19-23(40)18-34-2)31-25-12-15-38(28-11-7-9-22-8-5-6-10-24(22)28)20-27(25)35-32(36-31)42-21-29-26(33)13-14-37(29)3;1-4-30(40)39-18-17-38(20-25(39)19-33-2)31-27-14-16-37(29-13-7-10-23-9-5-6-12-26(23)29)21-28(27)34-32(35-31)41-22-24-11-8-15-36(24)3;1-4-30(40)38-17-18-39(25(20-38)19-33-2)31-27-14-16-37(29-13-7-10-23-9-5-6-12-26(23)29)21-28(27)34-32(35-31)41-22-24-11-8-15-36(24)3/h4-11,23,26,29H,1,12-21H2,3H3;2*4-7,9-10,12-13,24-25H,1,8,11,14-22H2,3H3/t23-,26+,29+;24-,25+;24-,25?/m010/s1. The van der Waals surface area contributed by atoms with E-state index in [4.69, 9.17) is 63.8 Å². The first kappa shape index (κ1) is 85.0. The maximum absolute atomic E-state index is 14.6. The molecule has 3 aromatic heterocycles. The monoisotopic (exact) mass is 1670 g/mol. The van der Waals surface area contributed by atoms with E-state index < -0.39 is 6.17 Å². The van der Waals surface area contributed by atoms with Crippen LogP contribution in [0.25, 0.3) is 46.9 Å². The fourth-order valence-electron chi connectivity index (χ4n) is 19.4. The average molecular weight is 1670 g/mol. The number of fused-ring (bicyclic) bond motifs is 6. The molecular weight excluding hydrogens is 1560 g/mol. The molecule has 9 aromatic rings. The molecule has 0 spiro atoms. The molecule has 6 fully saturated rings. The van der Waals surface area contributed by atoms with Gasteiger partial charge in [0.2, 0.25) is 37.4 Å². The van der Waals surface area contributed by atoms with E-state index in [1.807, 2.05) is 18.0 Å². The number of aromatic nitrogens is 6. The zero-order valence-corrected chi connectivity index (χ0v) is 71.4. The third-order valence-electron chi connectivity index (χ3n) is 26.3. The summed E-state index contributed by atoms with van der Waals surface area (Å²) in [5.74, 6) is 2.12. The normalized spacial score (nSPS) is 21.6. The Bertz CT molecular complexity index is 5540. The molecule has 0 radical (unpaired) electrons. The fourth-order valence-corrected chi connectivity index (χ4v) is 19.4. The smallest absolute Gasteiger partial charge is 0.318 e. The Morgan fingerprint density at radius 2 is 0.806 bits per heavy atom. The molecule has 0 N–H and O–H groups in total. The largest absolute Gasteiger partial charge is 0.462 e. The number of benzene rings is 6. The van der Waals surface area contributed by atoms with Gasteiger partial charge in [-0.25, -0.2) is 24.1 Å². The van der Waals surface area contributed by atoms with Crippen molar-refractivity contribution < 1.29 is 33.0 Å².